The van der Waals surface area contributed by atoms with E-state index in [9.17, 15) is 4.39 Å². The minimum Gasteiger partial charge on any atom is -0.508 e. The van der Waals surface area contributed by atoms with Crippen molar-refractivity contribution in [1.29, 1.82) is 0 Å². The summed E-state index contributed by atoms with van der Waals surface area (Å²) in [6.45, 7) is 1.47. The van der Waals surface area contributed by atoms with Crippen molar-refractivity contribution >= 4 is 0 Å². The van der Waals surface area contributed by atoms with Gasteiger partial charge in [0.1, 0.15) is 11.6 Å². The minimum absolute atomic E-state index is 0.131. The highest BCUT2D eigenvalue weighted by molar-refractivity contribution is 5.55. The van der Waals surface area contributed by atoms with Crippen molar-refractivity contribution in [2.45, 2.75) is 12.8 Å². The molecule has 1 aliphatic heterocycles. The van der Waals surface area contributed by atoms with Gasteiger partial charge < -0.3 is 14.4 Å². The van der Waals surface area contributed by atoms with Crippen molar-refractivity contribution in [1.82, 2.24) is 10.1 Å². The van der Waals surface area contributed by atoms with E-state index in [2.05, 4.69) is 10.1 Å². The number of aromatic hydroxyl groups is 1. The third kappa shape index (κ3) is 2.58. The van der Waals surface area contributed by atoms with E-state index in [0.717, 1.165) is 19.1 Å². The molecule has 2 aromatic rings. The van der Waals surface area contributed by atoms with Gasteiger partial charge in [-0.05, 0) is 24.5 Å². The largest absolute Gasteiger partial charge is 0.508 e. The molecule has 1 fully saturated rings. The number of aromatic nitrogens is 2. The van der Waals surface area contributed by atoms with Gasteiger partial charge >= 0.3 is 0 Å². The zero-order valence-corrected chi connectivity index (χ0v) is 10.2. The lowest BCUT2D eigenvalue weighted by Gasteiger charge is -2.01. The highest BCUT2D eigenvalue weighted by Crippen LogP contribution is 2.25. The molecule has 1 aromatic carbocycles. The molecule has 0 radical (unpaired) electrons. The number of rotatable bonds is 3. The molecule has 100 valence electrons. The number of phenols is 1. The van der Waals surface area contributed by atoms with Crippen LogP contribution >= 0.6 is 0 Å². The molecule has 0 amide bonds. The predicted octanol–water partition coefficient (Wildman–Crippen LogP) is 2.16. The van der Waals surface area contributed by atoms with Gasteiger partial charge in [-0.15, -0.1) is 0 Å². The quantitative estimate of drug-likeness (QED) is 0.920. The summed E-state index contributed by atoms with van der Waals surface area (Å²) in [4.78, 5) is 4.18. The lowest BCUT2D eigenvalue weighted by molar-refractivity contribution is 0.185. The molecule has 0 bridgehead atoms. The first-order valence-corrected chi connectivity index (χ1v) is 6.11. The zero-order chi connectivity index (χ0) is 13.2. The molecule has 3 rings (SSSR count). The van der Waals surface area contributed by atoms with Crippen molar-refractivity contribution in [2.24, 2.45) is 5.92 Å². The Balaban J connectivity index is 1.80. The third-order valence-electron chi connectivity index (χ3n) is 3.15. The smallest absolute Gasteiger partial charge is 0.260 e. The SMILES string of the molecule is Oc1ccc(-c2nc(CC3CCOC3)no2)c(F)c1. The van der Waals surface area contributed by atoms with Crippen molar-refractivity contribution in [3.63, 3.8) is 0 Å². The van der Waals surface area contributed by atoms with Crippen LogP contribution in [-0.2, 0) is 11.2 Å². The number of hydrogen-bond acceptors (Lipinski definition) is 5. The van der Waals surface area contributed by atoms with E-state index >= 15 is 0 Å². The molecule has 2 heterocycles. The van der Waals surface area contributed by atoms with E-state index < -0.39 is 5.82 Å². The molecule has 5 nitrogen and oxygen atoms in total. The Morgan fingerprint density at radius 2 is 2.32 bits per heavy atom. The van der Waals surface area contributed by atoms with Crippen LogP contribution in [0.25, 0.3) is 11.5 Å². The Bertz CT molecular complexity index is 579. The molecule has 1 unspecified atom stereocenters. The van der Waals surface area contributed by atoms with Crippen LogP contribution < -0.4 is 0 Å². The van der Waals surface area contributed by atoms with Gasteiger partial charge in [0.05, 0.1) is 5.56 Å². The Morgan fingerprint density at radius 1 is 1.42 bits per heavy atom. The van der Waals surface area contributed by atoms with Crippen molar-refractivity contribution in [3.05, 3.63) is 29.8 Å². The number of ether oxygens (including phenoxy) is 1. The van der Waals surface area contributed by atoms with E-state index in [1.807, 2.05) is 0 Å². The van der Waals surface area contributed by atoms with Gasteiger partial charge in [-0.3, -0.25) is 0 Å². The van der Waals surface area contributed by atoms with E-state index in [-0.39, 0.29) is 17.2 Å². The standard InChI is InChI=1S/C13H13FN2O3/c14-11-6-9(17)1-2-10(11)13-15-12(16-19-13)5-8-3-4-18-7-8/h1-2,6,8,17H,3-5,7H2. The Kier molecular flexibility index (Phi) is 3.16. The summed E-state index contributed by atoms with van der Waals surface area (Å²) in [5, 5.41) is 13.0. The molecule has 1 saturated heterocycles. The van der Waals surface area contributed by atoms with Gasteiger partial charge in [0, 0.05) is 25.7 Å². The molecule has 19 heavy (non-hydrogen) atoms. The maximum Gasteiger partial charge on any atom is 0.260 e. The number of benzene rings is 1. The van der Waals surface area contributed by atoms with Crippen LogP contribution in [0, 0.1) is 11.7 Å². The van der Waals surface area contributed by atoms with Crippen molar-refractivity contribution < 1.29 is 18.8 Å². The monoisotopic (exact) mass is 264 g/mol. The van der Waals surface area contributed by atoms with E-state index in [0.29, 0.717) is 24.8 Å². The molecule has 1 atom stereocenters. The molecular weight excluding hydrogens is 251 g/mol. The second-order valence-electron chi connectivity index (χ2n) is 4.61. The second kappa shape index (κ2) is 4.97. The zero-order valence-electron chi connectivity index (χ0n) is 10.2. The van der Waals surface area contributed by atoms with Crippen LogP contribution in [0.4, 0.5) is 4.39 Å². The fourth-order valence-corrected chi connectivity index (χ4v) is 2.13. The molecule has 1 N–H and O–H groups in total. The Morgan fingerprint density at radius 3 is 3.05 bits per heavy atom. The summed E-state index contributed by atoms with van der Waals surface area (Å²) in [6, 6.07) is 3.82. The van der Waals surface area contributed by atoms with Gasteiger partial charge in [-0.2, -0.15) is 4.98 Å². The molecular formula is C13H13FN2O3. The van der Waals surface area contributed by atoms with E-state index in [4.69, 9.17) is 14.4 Å². The normalized spacial score (nSPS) is 18.9. The molecule has 0 aliphatic carbocycles. The maximum atomic E-state index is 13.6. The lowest BCUT2D eigenvalue weighted by atomic mass is 10.1. The number of halogens is 1. The number of nitrogens with zero attached hydrogens (tertiary/aromatic N) is 2. The van der Waals surface area contributed by atoms with Crippen molar-refractivity contribution in [3.8, 4) is 17.2 Å². The van der Waals surface area contributed by atoms with Crippen LogP contribution in [-0.4, -0.2) is 28.5 Å². The van der Waals surface area contributed by atoms with E-state index in [1.165, 1.54) is 12.1 Å². The third-order valence-corrected chi connectivity index (χ3v) is 3.15. The molecule has 0 saturated carbocycles. The van der Waals surface area contributed by atoms with Gasteiger partial charge in [0.15, 0.2) is 5.82 Å². The highest BCUT2D eigenvalue weighted by Gasteiger charge is 2.20. The van der Waals surface area contributed by atoms with Gasteiger partial charge in [0.2, 0.25) is 0 Å². The van der Waals surface area contributed by atoms with Crippen LogP contribution in [0.2, 0.25) is 0 Å². The summed E-state index contributed by atoms with van der Waals surface area (Å²) >= 11 is 0. The molecule has 1 aliphatic rings. The first-order chi connectivity index (χ1) is 9.22. The summed E-state index contributed by atoms with van der Waals surface area (Å²) in [5.41, 5.74) is 0.194. The van der Waals surface area contributed by atoms with Gasteiger partial charge in [-0.1, -0.05) is 5.16 Å². The summed E-state index contributed by atoms with van der Waals surface area (Å²) in [5.74, 6) is 0.364. The average molecular weight is 264 g/mol. The number of hydrogen-bond donors (Lipinski definition) is 1. The Labute approximate surface area is 109 Å². The second-order valence-corrected chi connectivity index (χ2v) is 4.61. The van der Waals surface area contributed by atoms with Gasteiger partial charge in [-0.25, -0.2) is 4.39 Å². The minimum atomic E-state index is -0.584. The Hall–Kier alpha value is -1.95. The van der Waals surface area contributed by atoms with Crippen LogP contribution in [0.5, 0.6) is 5.75 Å². The molecule has 0 spiro atoms. The summed E-state index contributed by atoms with van der Waals surface area (Å²) < 4.78 is 24.0. The van der Waals surface area contributed by atoms with Crippen molar-refractivity contribution in [2.75, 3.05) is 13.2 Å². The summed E-state index contributed by atoms with van der Waals surface area (Å²) in [7, 11) is 0. The maximum absolute atomic E-state index is 13.6. The van der Waals surface area contributed by atoms with Crippen LogP contribution in [0.3, 0.4) is 0 Å². The van der Waals surface area contributed by atoms with Crippen LogP contribution in [0.1, 0.15) is 12.2 Å². The predicted molar refractivity (Wildman–Crippen MR) is 64.0 cm³/mol. The molecule has 6 heteroatoms. The summed E-state index contributed by atoms with van der Waals surface area (Å²) in [6.07, 6.45) is 1.65. The topological polar surface area (TPSA) is 68.4 Å². The first kappa shape index (κ1) is 12.1. The average Bonchev–Trinajstić information content (AvgIpc) is 3.01. The highest BCUT2D eigenvalue weighted by atomic mass is 19.1. The van der Waals surface area contributed by atoms with Gasteiger partial charge in [0.25, 0.3) is 5.89 Å². The molecule has 1 aromatic heterocycles. The number of phenolic OH excluding ortho intramolecular Hbond substituents is 1. The van der Waals surface area contributed by atoms with E-state index in [1.54, 1.807) is 0 Å². The fraction of sp³-hybridized carbons (Fsp3) is 0.385. The first-order valence-electron chi connectivity index (χ1n) is 6.11. The fourth-order valence-electron chi connectivity index (χ4n) is 2.13. The van der Waals surface area contributed by atoms with Crippen LogP contribution in [0.15, 0.2) is 22.7 Å². The lowest BCUT2D eigenvalue weighted by Crippen LogP contribution is -2.04.